The van der Waals surface area contributed by atoms with Gasteiger partial charge >= 0.3 is 6.85 Å². The minimum atomic E-state index is 0.208. The van der Waals surface area contributed by atoms with Crippen molar-refractivity contribution in [1.82, 2.24) is 5.23 Å². The number of allylic oxidation sites excluding steroid dienone is 2. The molecule has 0 saturated heterocycles. The molecule has 110 valence electrons. The number of rotatable bonds is 5. The van der Waals surface area contributed by atoms with Gasteiger partial charge in [-0.15, -0.1) is 0 Å². The number of Topliss-reactive ketones (excluding diaryl/α,β-unsaturated/α-hetero) is 1. The van der Waals surface area contributed by atoms with Crippen LogP contribution in [0.25, 0.3) is 0 Å². The zero-order valence-electron chi connectivity index (χ0n) is 13.2. The molecule has 3 heteroatoms. The Balaban J connectivity index is 1.91. The van der Waals surface area contributed by atoms with Crippen molar-refractivity contribution >= 4 is 18.1 Å². The van der Waals surface area contributed by atoms with Gasteiger partial charge in [0.1, 0.15) is 0 Å². The van der Waals surface area contributed by atoms with Crippen molar-refractivity contribution in [2.24, 2.45) is 5.41 Å². The van der Waals surface area contributed by atoms with Crippen LogP contribution in [0.2, 0.25) is 0 Å². The Morgan fingerprint density at radius 3 is 2.43 bits per heavy atom. The van der Waals surface area contributed by atoms with E-state index in [1.807, 2.05) is 42.6 Å². The van der Waals surface area contributed by atoms with Crippen LogP contribution in [0.1, 0.15) is 50.4 Å². The molecular weight excluding hydrogens is 257 g/mol. The minimum absolute atomic E-state index is 0.208. The van der Waals surface area contributed by atoms with Crippen molar-refractivity contribution in [1.29, 1.82) is 0 Å². The first kappa shape index (κ1) is 15.6. The fourth-order valence-corrected chi connectivity index (χ4v) is 2.45. The Morgan fingerprint density at radius 2 is 1.86 bits per heavy atom. The predicted molar refractivity (Wildman–Crippen MR) is 90.9 cm³/mol. The average molecular weight is 281 g/mol. The summed E-state index contributed by atoms with van der Waals surface area (Å²) in [5, 5.41) is 3.28. The topological polar surface area (TPSA) is 29.1 Å². The highest BCUT2D eigenvalue weighted by Gasteiger charge is 2.15. The van der Waals surface area contributed by atoms with E-state index in [9.17, 15) is 4.79 Å². The normalized spacial score (nSPS) is 14.1. The van der Waals surface area contributed by atoms with E-state index < -0.39 is 0 Å². The number of ketones is 1. The molecule has 0 atom stereocenters. The van der Waals surface area contributed by atoms with Crippen LogP contribution >= 0.6 is 0 Å². The van der Waals surface area contributed by atoms with Crippen molar-refractivity contribution in [3.8, 4) is 0 Å². The lowest BCUT2D eigenvalue weighted by Gasteiger charge is -2.17. The van der Waals surface area contributed by atoms with Gasteiger partial charge in [-0.3, -0.25) is 4.79 Å². The van der Waals surface area contributed by atoms with E-state index in [1.54, 1.807) is 0 Å². The van der Waals surface area contributed by atoms with Crippen LogP contribution in [0.5, 0.6) is 0 Å². The summed E-state index contributed by atoms with van der Waals surface area (Å²) in [5.74, 6) is 2.36. The highest BCUT2D eigenvalue weighted by atomic mass is 16.1. The molecule has 0 radical (unpaired) electrons. The smallest absolute Gasteiger partial charge is 0.312 e. The summed E-state index contributed by atoms with van der Waals surface area (Å²) < 4.78 is 0. The summed E-state index contributed by atoms with van der Waals surface area (Å²) in [6.45, 7) is 6.85. The van der Waals surface area contributed by atoms with Crippen molar-refractivity contribution in [2.75, 3.05) is 0 Å². The Morgan fingerprint density at radius 1 is 1.14 bits per heavy atom. The van der Waals surface area contributed by atoms with Crippen LogP contribution in [-0.2, 0) is 0 Å². The number of benzene rings is 1. The summed E-state index contributed by atoms with van der Waals surface area (Å²) in [6, 6.07) is 7.97. The third kappa shape index (κ3) is 4.93. The molecule has 1 aromatic rings. The maximum atomic E-state index is 12.2. The third-order valence-electron chi connectivity index (χ3n) is 3.71. The second kappa shape index (κ2) is 6.79. The molecule has 1 aromatic carbocycles. The number of nitrogens with one attached hydrogen (secondary N) is 1. The van der Waals surface area contributed by atoms with Gasteiger partial charge in [0.25, 0.3) is 0 Å². The Kier molecular flexibility index (Phi) is 5.05. The molecule has 2 nitrogen and oxygen atoms in total. The van der Waals surface area contributed by atoms with Gasteiger partial charge in [-0.25, -0.2) is 0 Å². The number of carbonyl (C=O) groups excluding carboxylic acids is 1. The Labute approximate surface area is 128 Å². The summed E-state index contributed by atoms with van der Waals surface area (Å²) in [5.41, 5.74) is 2.31. The largest absolute Gasteiger partial charge is 0.427 e. The second-order valence-electron chi connectivity index (χ2n) is 6.85. The summed E-state index contributed by atoms with van der Waals surface area (Å²) in [7, 11) is 0. The maximum Gasteiger partial charge on any atom is 0.312 e. The molecule has 0 aromatic heterocycles. The van der Waals surface area contributed by atoms with Gasteiger partial charge in [0, 0.05) is 12.0 Å². The van der Waals surface area contributed by atoms with Gasteiger partial charge in [0.2, 0.25) is 0 Å². The van der Waals surface area contributed by atoms with Crippen molar-refractivity contribution in [3.63, 3.8) is 0 Å². The van der Waals surface area contributed by atoms with Crippen LogP contribution in [0.4, 0.5) is 0 Å². The zero-order chi connectivity index (χ0) is 15.3. The van der Waals surface area contributed by atoms with Crippen molar-refractivity contribution < 1.29 is 4.79 Å². The molecule has 0 fully saturated rings. The van der Waals surface area contributed by atoms with Crippen LogP contribution in [0.3, 0.4) is 0 Å². The van der Waals surface area contributed by atoms with Crippen LogP contribution < -0.4 is 10.7 Å². The van der Waals surface area contributed by atoms with Crippen LogP contribution in [-0.4, -0.2) is 12.6 Å². The maximum absolute atomic E-state index is 12.2. The molecular formula is C18H24BNO. The van der Waals surface area contributed by atoms with E-state index in [-0.39, 0.29) is 12.6 Å². The number of carbonyl (C=O) groups is 1. The molecule has 1 N–H and O–H groups in total. The standard InChI is InChI=1S/C18H24BNO/c1-18(2,3)12-6-7-17(21)15-8-10-16(11-9-15)19-13-4-5-14-20-19/h4-5,8-11,13-14,20H,6-7,12H2,1-3H3. The third-order valence-corrected chi connectivity index (χ3v) is 3.71. The van der Waals surface area contributed by atoms with E-state index in [1.165, 1.54) is 5.46 Å². The molecule has 1 aliphatic rings. The minimum Gasteiger partial charge on any atom is -0.427 e. The molecule has 0 saturated carbocycles. The van der Waals surface area contributed by atoms with E-state index >= 15 is 0 Å². The highest BCUT2D eigenvalue weighted by Crippen LogP contribution is 2.22. The van der Waals surface area contributed by atoms with E-state index in [0.717, 1.165) is 18.4 Å². The van der Waals surface area contributed by atoms with Crippen molar-refractivity contribution in [3.05, 3.63) is 54.2 Å². The lowest BCUT2D eigenvalue weighted by atomic mass is 9.55. The van der Waals surface area contributed by atoms with E-state index in [4.69, 9.17) is 0 Å². The van der Waals surface area contributed by atoms with Crippen LogP contribution in [0.15, 0.2) is 48.6 Å². The molecule has 0 spiro atoms. The highest BCUT2D eigenvalue weighted by molar-refractivity contribution is 6.76. The molecule has 0 unspecified atom stereocenters. The predicted octanol–water partition coefficient (Wildman–Crippen LogP) is 3.50. The van der Waals surface area contributed by atoms with Gasteiger partial charge in [0.05, 0.1) is 0 Å². The SMILES string of the molecule is CC(C)(C)CCCC(=O)c1ccc(B2C=CC=CN2)cc1. The lowest BCUT2D eigenvalue weighted by Crippen LogP contribution is -2.41. The monoisotopic (exact) mass is 281 g/mol. The zero-order valence-corrected chi connectivity index (χ0v) is 13.2. The first-order valence-electron chi connectivity index (χ1n) is 7.68. The summed E-state index contributed by atoms with van der Waals surface area (Å²) >= 11 is 0. The van der Waals surface area contributed by atoms with E-state index in [0.29, 0.717) is 11.8 Å². The molecule has 0 bridgehead atoms. The van der Waals surface area contributed by atoms with Gasteiger partial charge in [0.15, 0.2) is 5.78 Å². The van der Waals surface area contributed by atoms with E-state index in [2.05, 4.69) is 32.0 Å². The first-order valence-corrected chi connectivity index (χ1v) is 7.68. The molecule has 0 aliphatic carbocycles. The summed E-state index contributed by atoms with van der Waals surface area (Å²) in [4.78, 5) is 12.2. The molecule has 1 heterocycles. The molecule has 1 aliphatic heterocycles. The fourth-order valence-electron chi connectivity index (χ4n) is 2.45. The first-order chi connectivity index (χ1) is 9.96. The van der Waals surface area contributed by atoms with Gasteiger partial charge in [-0.1, -0.05) is 62.6 Å². The average Bonchev–Trinajstić information content (AvgIpc) is 2.47. The quantitative estimate of drug-likeness (QED) is 0.661. The van der Waals surface area contributed by atoms with Gasteiger partial charge in [-0.2, -0.15) is 0 Å². The fraction of sp³-hybridized carbons (Fsp3) is 0.389. The van der Waals surface area contributed by atoms with Crippen LogP contribution in [0, 0.1) is 5.41 Å². The van der Waals surface area contributed by atoms with Gasteiger partial charge in [-0.05, 0) is 30.5 Å². The number of hydrogen-bond donors (Lipinski definition) is 1. The Hall–Kier alpha value is -1.77. The molecule has 21 heavy (non-hydrogen) atoms. The second-order valence-corrected chi connectivity index (χ2v) is 6.85. The summed E-state index contributed by atoms with van der Waals surface area (Å²) in [6.07, 6.45) is 8.63. The Bertz CT molecular complexity index is 537. The lowest BCUT2D eigenvalue weighted by molar-refractivity contribution is 0.0976. The van der Waals surface area contributed by atoms with Crippen molar-refractivity contribution in [2.45, 2.75) is 40.0 Å². The van der Waals surface area contributed by atoms with Gasteiger partial charge < -0.3 is 5.23 Å². The molecule has 0 amide bonds. The number of hydrogen-bond acceptors (Lipinski definition) is 2. The molecule has 2 rings (SSSR count).